The highest BCUT2D eigenvalue weighted by Crippen LogP contribution is 2.32. The second kappa shape index (κ2) is 6.61. The van der Waals surface area contributed by atoms with Gasteiger partial charge >= 0.3 is 0 Å². The molecule has 2 heterocycles. The van der Waals surface area contributed by atoms with Gasteiger partial charge in [0.2, 0.25) is 0 Å². The van der Waals surface area contributed by atoms with Crippen LogP contribution < -0.4 is 0 Å². The Morgan fingerprint density at radius 2 is 1.88 bits per heavy atom. The molecule has 1 aromatic carbocycles. The van der Waals surface area contributed by atoms with Crippen molar-refractivity contribution in [1.82, 2.24) is 13.5 Å². The molecule has 1 amide bonds. The molecular weight excluding hydrogens is 370 g/mol. The second-order valence-electron chi connectivity index (χ2n) is 5.75. The highest BCUT2D eigenvalue weighted by atomic mass is 35.5. The van der Waals surface area contributed by atoms with Gasteiger partial charge in [-0.25, -0.2) is 0 Å². The van der Waals surface area contributed by atoms with Crippen molar-refractivity contribution in [1.29, 1.82) is 0 Å². The zero-order valence-electron chi connectivity index (χ0n) is 13.4. The molecule has 0 spiro atoms. The van der Waals surface area contributed by atoms with Gasteiger partial charge in [-0.05, 0) is 6.07 Å². The smallest absolute Gasteiger partial charge is 0.281 e. The fourth-order valence-corrected chi connectivity index (χ4v) is 5.05. The molecule has 1 aliphatic rings. The van der Waals surface area contributed by atoms with E-state index in [0.29, 0.717) is 36.8 Å². The van der Waals surface area contributed by atoms with E-state index in [9.17, 15) is 13.2 Å². The molecule has 0 atom stereocenters. The van der Waals surface area contributed by atoms with Crippen LogP contribution in [0.2, 0.25) is 5.02 Å². The highest BCUT2D eigenvalue weighted by Gasteiger charge is 2.31. The zero-order chi connectivity index (χ0) is 17.5. The van der Waals surface area contributed by atoms with E-state index in [4.69, 9.17) is 11.6 Å². The van der Waals surface area contributed by atoms with E-state index in [1.54, 1.807) is 11.0 Å². The number of hydrogen-bond acceptors (Lipinski definition) is 4. The SMILES string of the molecule is CN(C)S(=O)(=O)N1CCN(C(=O)c2csc3c(Cl)cccc23)CC1. The van der Waals surface area contributed by atoms with Crippen molar-refractivity contribution in [2.24, 2.45) is 0 Å². The van der Waals surface area contributed by atoms with E-state index in [2.05, 4.69) is 0 Å². The topological polar surface area (TPSA) is 60.9 Å². The summed E-state index contributed by atoms with van der Waals surface area (Å²) in [5.41, 5.74) is 0.626. The Hall–Kier alpha value is -1.19. The summed E-state index contributed by atoms with van der Waals surface area (Å²) < 4.78 is 27.8. The van der Waals surface area contributed by atoms with Crippen LogP contribution in [0, 0.1) is 0 Å². The van der Waals surface area contributed by atoms with Gasteiger partial charge in [-0.2, -0.15) is 17.0 Å². The number of carbonyl (C=O) groups is 1. The largest absolute Gasteiger partial charge is 0.336 e. The van der Waals surface area contributed by atoms with Crippen LogP contribution in [0.25, 0.3) is 10.1 Å². The average Bonchev–Trinajstić information content (AvgIpc) is 2.99. The summed E-state index contributed by atoms with van der Waals surface area (Å²) in [4.78, 5) is 14.5. The van der Waals surface area contributed by atoms with Crippen molar-refractivity contribution in [3.8, 4) is 0 Å². The van der Waals surface area contributed by atoms with Crippen LogP contribution >= 0.6 is 22.9 Å². The first-order valence-electron chi connectivity index (χ1n) is 7.45. The molecule has 1 saturated heterocycles. The fourth-order valence-electron chi connectivity index (χ4n) is 2.71. The lowest BCUT2D eigenvalue weighted by molar-refractivity contribution is 0.0697. The van der Waals surface area contributed by atoms with E-state index in [-0.39, 0.29) is 5.91 Å². The van der Waals surface area contributed by atoms with E-state index in [0.717, 1.165) is 10.1 Å². The highest BCUT2D eigenvalue weighted by molar-refractivity contribution is 7.86. The molecule has 0 saturated carbocycles. The minimum absolute atomic E-state index is 0.0783. The van der Waals surface area contributed by atoms with Crippen LogP contribution in [0.5, 0.6) is 0 Å². The molecule has 3 rings (SSSR count). The summed E-state index contributed by atoms with van der Waals surface area (Å²) in [6, 6.07) is 5.52. The molecule has 0 aliphatic carbocycles. The number of thiophene rings is 1. The minimum Gasteiger partial charge on any atom is -0.336 e. The standard InChI is InChI=1S/C15H18ClN3O3S2/c1-17(2)24(21,22)19-8-6-18(7-9-19)15(20)12-10-23-14-11(12)4-3-5-13(14)16/h3-5,10H,6-9H2,1-2H3. The lowest BCUT2D eigenvalue weighted by Gasteiger charge is -2.35. The molecule has 0 unspecified atom stereocenters. The summed E-state index contributed by atoms with van der Waals surface area (Å²) in [5, 5.41) is 3.31. The van der Waals surface area contributed by atoms with Crippen molar-refractivity contribution < 1.29 is 13.2 Å². The predicted octanol–water partition coefficient (Wildman–Crippen LogP) is 2.12. The number of fused-ring (bicyclic) bond motifs is 1. The Bertz CT molecular complexity index is 871. The van der Waals surface area contributed by atoms with Gasteiger partial charge in [0.1, 0.15) is 0 Å². The summed E-state index contributed by atoms with van der Waals surface area (Å²) in [6.07, 6.45) is 0. The fraction of sp³-hybridized carbons (Fsp3) is 0.400. The summed E-state index contributed by atoms with van der Waals surface area (Å²) in [6.45, 7) is 1.36. The molecule has 1 fully saturated rings. The van der Waals surface area contributed by atoms with Crippen molar-refractivity contribution in [3.63, 3.8) is 0 Å². The molecule has 130 valence electrons. The first kappa shape index (κ1) is 17.6. The monoisotopic (exact) mass is 387 g/mol. The maximum Gasteiger partial charge on any atom is 0.281 e. The average molecular weight is 388 g/mol. The first-order valence-corrected chi connectivity index (χ1v) is 10.1. The molecule has 1 aromatic heterocycles. The number of nitrogens with zero attached hydrogens (tertiary/aromatic N) is 3. The molecule has 0 bridgehead atoms. The van der Waals surface area contributed by atoms with Crippen molar-refractivity contribution in [2.75, 3.05) is 40.3 Å². The van der Waals surface area contributed by atoms with Gasteiger partial charge in [-0.3, -0.25) is 4.79 Å². The summed E-state index contributed by atoms with van der Waals surface area (Å²) in [7, 11) is -0.414. The van der Waals surface area contributed by atoms with Gasteiger partial charge in [0.05, 0.1) is 15.3 Å². The third kappa shape index (κ3) is 3.04. The zero-order valence-corrected chi connectivity index (χ0v) is 15.8. The lowest BCUT2D eigenvalue weighted by Crippen LogP contribution is -2.53. The molecule has 2 aromatic rings. The number of rotatable bonds is 3. The van der Waals surface area contributed by atoms with Gasteiger partial charge in [-0.15, -0.1) is 11.3 Å². The number of piperazine rings is 1. The lowest BCUT2D eigenvalue weighted by atomic mass is 10.1. The number of carbonyl (C=O) groups excluding carboxylic acids is 1. The van der Waals surface area contributed by atoms with Crippen LogP contribution in [-0.4, -0.2) is 68.1 Å². The predicted molar refractivity (Wildman–Crippen MR) is 96.9 cm³/mol. The maximum atomic E-state index is 12.8. The maximum absolute atomic E-state index is 12.8. The Kier molecular flexibility index (Phi) is 4.85. The van der Waals surface area contributed by atoms with Crippen molar-refractivity contribution in [3.05, 3.63) is 34.2 Å². The van der Waals surface area contributed by atoms with E-state index >= 15 is 0 Å². The third-order valence-electron chi connectivity index (χ3n) is 4.10. The van der Waals surface area contributed by atoms with Crippen LogP contribution in [0.3, 0.4) is 0 Å². The molecule has 1 aliphatic heterocycles. The van der Waals surface area contributed by atoms with E-state index in [1.807, 2.05) is 17.5 Å². The number of halogens is 1. The first-order chi connectivity index (χ1) is 11.3. The van der Waals surface area contributed by atoms with E-state index < -0.39 is 10.2 Å². The quantitative estimate of drug-likeness (QED) is 0.810. The van der Waals surface area contributed by atoms with Crippen molar-refractivity contribution in [2.45, 2.75) is 0 Å². The van der Waals surface area contributed by atoms with Crippen LogP contribution in [0.15, 0.2) is 23.6 Å². The van der Waals surface area contributed by atoms with Gasteiger partial charge in [0, 0.05) is 51.0 Å². The molecule has 0 N–H and O–H groups in total. The van der Waals surface area contributed by atoms with Crippen LogP contribution in [0.1, 0.15) is 10.4 Å². The van der Waals surface area contributed by atoms with Gasteiger partial charge < -0.3 is 4.90 Å². The van der Waals surface area contributed by atoms with Gasteiger partial charge in [-0.1, -0.05) is 23.7 Å². The van der Waals surface area contributed by atoms with E-state index in [1.165, 1.54) is 34.0 Å². The van der Waals surface area contributed by atoms with Crippen LogP contribution in [-0.2, 0) is 10.2 Å². The Balaban J connectivity index is 1.77. The third-order valence-corrected chi connectivity index (χ3v) is 7.49. The number of amides is 1. The van der Waals surface area contributed by atoms with Gasteiger partial charge in [0.25, 0.3) is 16.1 Å². The molecule has 0 radical (unpaired) electrons. The normalized spacial score (nSPS) is 16.9. The van der Waals surface area contributed by atoms with Crippen molar-refractivity contribution >= 4 is 49.1 Å². The molecule has 24 heavy (non-hydrogen) atoms. The minimum atomic E-state index is -3.43. The Labute approximate surface area is 150 Å². The summed E-state index contributed by atoms with van der Waals surface area (Å²) in [5.74, 6) is -0.0783. The van der Waals surface area contributed by atoms with Crippen LogP contribution in [0.4, 0.5) is 0 Å². The molecule has 9 heteroatoms. The number of hydrogen-bond donors (Lipinski definition) is 0. The Morgan fingerprint density at radius 1 is 1.21 bits per heavy atom. The Morgan fingerprint density at radius 3 is 2.50 bits per heavy atom. The summed E-state index contributed by atoms with van der Waals surface area (Å²) >= 11 is 7.62. The second-order valence-corrected chi connectivity index (χ2v) is 9.18. The molecule has 6 nitrogen and oxygen atoms in total. The number of benzene rings is 1. The molecular formula is C15H18ClN3O3S2. The van der Waals surface area contributed by atoms with Gasteiger partial charge in [0.15, 0.2) is 0 Å².